The molecular formula is C16H25N3O. The molecule has 2 rings (SSSR count). The third-order valence-corrected chi connectivity index (χ3v) is 3.96. The molecule has 1 aromatic carbocycles. The molecule has 1 aliphatic carbocycles. The third-order valence-electron chi connectivity index (χ3n) is 3.96. The highest BCUT2D eigenvalue weighted by Gasteiger charge is 2.17. The molecule has 0 atom stereocenters. The lowest BCUT2D eigenvalue weighted by molar-refractivity contribution is -0.120. The van der Waals surface area contributed by atoms with Gasteiger partial charge >= 0.3 is 0 Å². The molecule has 0 heterocycles. The van der Waals surface area contributed by atoms with E-state index in [1.165, 1.54) is 19.3 Å². The van der Waals surface area contributed by atoms with E-state index in [-0.39, 0.29) is 5.91 Å². The highest BCUT2D eigenvalue weighted by Crippen LogP contribution is 2.22. The first kappa shape index (κ1) is 14.7. The number of hydrogen-bond donors (Lipinski definition) is 2. The predicted molar refractivity (Wildman–Crippen MR) is 83.8 cm³/mol. The molecule has 1 fully saturated rings. The minimum absolute atomic E-state index is 0.0991. The molecule has 0 aliphatic heterocycles. The fourth-order valence-corrected chi connectivity index (χ4v) is 2.84. The van der Waals surface area contributed by atoms with Crippen LogP contribution in [0.3, 0.4) is 0 Å². The maximum Gasteiger partial charge on any atom is 0.239 e. The smallest absolute Gasteiger partial charge is 0.239 e. The van der Waals surface area contributed by atoms with Gasteiger partial charge in [-0.05, 0) is 31.9 Å². The standard InChI is InChI=1S/C16H25N3O/c1-2-19(15-11-7-6-10-14(15)17)12-16(20)18-13-8-4-3-5-9-13/h6-7,10-11,13H,2-5,8-9,12,17H2,1H3,(H,18,20). The summed E-state index contributed by atoms with van der Waals surface area (Å²) in [5, 5.41) is 3.15. The number of nitrogens with two attached hydrogens (primary N) is 1. The fourth-order valence-electron chi connectivity index (χ4n) is 2.84. The van der Waals surface area contributed by atoms with Crippen molar-refractivity contribution in [2.45, 2.75) is 45.1 Å². The lowest BCUT2D eigenvalue weighted by atomic mass is 9.95. The summed E-state index contributed by atoms with van der Waals surface area (Å²) in [7, 11) is 0. The van der Waals surface area contributed by atoms with Crippen molar-refractivity contribution in [3.05, 3.63) is 24.3 Å². The van der Waals surface area contributed by atoms with Gasteiger partial charge in [0.2, 0.25) is 5.91 Å². The SMILES string of the molecule is CCN(CC(=O)NC1CCCCC1)c1ccccc1N. The van der Waals surface area contributed by atoms with Crippen LogP contribution in [0.15, 0.2) is 24.3 Å². The van der Waals surface area contributed by atoms with Crippen LogP contribution in [-0.2, 0) is 4.79 Å². The molecule has 1 aliphatic rings. The molecule has 0 saturated heterocycles. The molecule has 0 aromatic heterocycles. The van der Waals surface area contributed by atoms with Crippen LogP contribution in [0.1, 0.15) is 39.0 Å². The first-order chi connectivity index (χ1) is 9.70. The van der Waals surface area contributed by atoms with Crippen LogP contribution in [0.25, 0.3) is 0 Å². The highest BCUT2D eigenvalue weighted by molar-refractivity contribution is 5.83. The van der Waals surface area contributed by atoms with Crippen molar-refractivity contribution in [3.8, 4) is 0 Å². The van der Waals surface area contributed by atoms with Gasteiger partial charge < -0.3 is 16.0 Å². The van der Waals surface area contributed by atoms with E-state index >= 15 is 0 Å². The second-order valence-electron chi connectivity index (χ2n) is 5.48. The number of benzene rings is 1. The van der Waals surface area contributed by atoms with E-state index in [1.807, 2.05) is 36.1 Å². The molecule has 1 saturated carbocycles. The summed E-state index contributed by atoms with van der Waals surface area (Å²) in [4.78, 5) is 14.2. The lowest BCUT2D eigenvalue weighted by Crippen LogP contribution is -2.43. The fraction of sp³-hybridized carbons (Fsp3) is 0.562. The molecule has 1 amide bonds. The zero-order valence-electron chi connectivity index (χ0n) is 12.3. The number of likely N-dealkylation sites (N-methyl/N-ethyl adjacent to an activating group) is 1. The van der Waals surface area contributed by atoms with Gasteiger partial charge in [-0.15, -0.1) is 0 Å². The van der Waals surface area contributed by atoms with E-state index in [0.717, 1.165) is 30.8 Å². The monoisotopic (exact) mass is 275 g/mol. The average Bonchev–Trinajstić information content (AvgIpc) is 2.46. The van der Waals surface area contributed by atoms with Crippen molar-refractivity contribution in [2.24, 2.45) is 0 Å². The third kappa shape index (κ3) is 3.89. The summed E-state index contributed by atoms with van der Waals surface area (Å²) in [6.07, 6.45) is 5.99. The molecule has 1 aromatic rings. The van der Waals surface area contributed by atoms with Crippen LogP contribution in [0.5, 0.6) is 0 Å². The van der Waals surface area contributed by atoms with Gasteiger partial charge in [-0.3, -0.25) is 4.79 Å². The van der Waals surface area contributed by atoms with E-state index in [4.69, 9.17) is 5.73 Å². The van der Waals surface area contributed by atoms with Crippen LogP contribution in [0, 0.1) is 0 Å². The quantitative estimate of drug-likeness (QED) is 0.812. The zero-order chi connectivity index (χ0) is 14.4. The average molecular weight is 275 g/mol. The number of amides is 1. The Hall–Kier alpha value is -1.71. The van der Waals surface area contributed by atoms with Crippen LogP contribution in [0.4, 0.5) is 11.4 Å². The van der Waals surface area contributed by atoms with E-state index in [1.54, 1.807) is 0 Å². The molecular weight excluding hydrogens is 250 g/mol. The molecule has 20 heavy (non-hydrogen) atoms. The number of carbonyl (C=O) groups excluding carboxylic acids is 1. The molecule has 110 valence electrons. The molecule has 0 spiro atoms. The number of hydrogen-bond acceptors (Lipinski definition) is 3. The zero-order valence-corrected chi connectivity index (χ0v) is 12.3. The maximum absolute atomic E-state index is 12.2. The summed E-state index contributed by atoms with van der Waals surface area (Å²) in [5.74, 6) is 0.0991. The Labute approximate surface area is 121 Å². The Morgan fingerprint density at radius 3 is 2.65 bits per heavy atom. The minimum Gasteiger partial charge on any atom is -0.397 e. The van der Waals surface area contributed by atoms with Crippen molar-refractivity contribution in [1.29, 1.82) is 0 Å². The van der Waals surface area contributed by atoms with Crippen molar-refractivity contribution in [1.82, 2.24) is 5.32 Å². The lowest BCUT2D eigenvalue weighted by Gasteiger charge is -2.27. The van der Waals surface area contributed by atoms with Gasteiger partial charge in [-0.2, -0.15) is 0 Å². The van der Waals surface area contributed by atoms with Gasteiger partial charge in [0.25, 0.3) is 0 Å². The Balaban J connectivity index is 1.92. The minimum atomic E-state index is 0.0991. The van der Waals surface area contributed by atoms with Gasteiger partial charge in [-0.25, -0.2) is 0 Å². The van der Waals surface area contributed by atoms with Crippen molar-refractivity contribution < 1.29 is 4.79 Å². The number of carbonyl (C=O) groups is 1. The summed E-state index contributed by atoms with van der Waals surface area (Å²) in [5.41, 5.74) is 7.64. The van der Waals surface area contributed by atoms with E-state index in [9.17, 15) is 4.79 Å². The van der Waals surface area contributed by atoms with E-state index in [2.05, 4.69) is 5.32 Å². The summed E-state index contributed by atoms with van der Waals surface area (Å²) in [6.45, 7) is 3.19. The van der Waals surface area contributed by atoms with Gasteiger partial charge in [0.1, 0.15) is 0 Å². The molecule has 4 heteroatoms. The number of para-hydroxylation sites is 2. The second kappa shape index (κ2) is 7.17. The Morgan fingerprint density at radius 2 is 2.00 bits per heavy atom. The Bertz CT molecular complexity index is 441. The van der Waals surface area contributed by atoms with Crippen molar-refractivity contribution in [2.75, 3.05) is 23.7 Å². The van der Waals surface area contributed by atoms with Gasteiger partial charge in [0.15, 0.2) is 0 Å². The largest absolute Gasteiger partial charge is 0.397 e. The predicted octanol–water partition coefficient (Wildman–Crippen LogP) is 2.54. The number of nitrogen functional groups attached to an aromatic ring is 1. The van der Waals surface area contributed by atoms with Gasteiger partial charge in [-0.1, -0.05) is 31.4 Å². The van der Waals surface area contributed by atoms with E-state index in [0.29, 0.717) is 12.6 Å². The van der Waals surface area contributed by atoms with Crippen LogP contribution in [0.2, 0.25) is 0 Å². The molecule has 4 nitrogen and oxygen atoms in total. The van der Waals surface area contributed by atoms with Crippen LogP contribution in [-0.4, -0.2) is 25.0 Å². The first-order valence-corrected chi connectivity index (χ1v) is 7.59. The number of anilines is 2. The first-order valence-electron chi connectivity index (χ1n) is 7.59. The molecule has 3 N–H and O–H groups in total. The summed E-state index contributed by atoms with van der Waals surface area (Å²) < 4.78 is 0. The Morgan fingerprint density at radius 1 is 1.30 bits per heavy atom. The Kier molecular flexibility index (Phi) is 5.27. The number of nitrogens with one attached hydrogen (secondary N) is 1. The summed E-state index contributed by atoms with van der Waals surface area (Å²) in [6, 6.07) is 8.06. The van der Waals surface area contributed by atoms with E-state index < -0.39 is 0 Å². The van der Waals surface area contributed by atoms with Gasteiger partial charge in [0, 0.05) is 12.6 Å². The topological polar surface area (TPSA) is 58.4 Å². The van der Waals surface area contributed by atoms with Crippen molar-refractivity contribution in [3.63, 3.8) is 0 Å². The van der Waals surface area contributed by atoms with Crippen molar-refractivity contribution >= 4 is 17.3 Å². The summed E-state index contributed by atoms with van der Waals surface area (Å²) >= 11 is 0. The molecule has 0 radical (unpaired) electrons. The second-order valence-corrected chi connectivity index (χ2v) is 5.48. The number of rotatable bonds is 5. The highest BCUT2D eigenvalue weighted by atomic mass is 16.2. The maximum atomic E-state index is 12.2. The van der Waals surface area contributed by atoms with Gasteiger partial charge in [0.05, 0.1) is 17.9 Å². The normalized spacial score (nSPS) is 15.8. The number of nitrogens with zero attached hydrogens (tertiary/aromatic N) is 1. The molecule has 0 unspecified atom stereocenters. The molecule has 0 bridgehead atoms. The van der Waals surface area contributed by atoms with Crippen LogP contribution >= 0.6 is 0 Å². The van der Waals surface area contributed by atoms with Crippen LogP contribution < -0.4 is 16.0 Å².